The highest BCUT2D eigenvalue weighted by atomic mass is 19.1. The number of rotatable bonds is 0. The van der Waals surface area contributed by atoms with Gasteiger partial charge in [0.25, 0.3) is 0 Å². The van der Waals surface area contributed by atoms with Crippen molar-refractivity contribution in [1.29, 1.82) is 0 Å². The van der Waals surface area contributed by atoms with E-state index >= 15 is 0 Å². The molecule has 0 saturated carbocycles. The lowest BCUT2D eigenvalue weighted by atomic mass is 10.0. The number of aryl methyl sites for hydroxylation is 1. The second-order valence-electron chi connectivity index (χ2n) is 3.14. The zero-order valence-electron chi connectivity index (χ0n) is 7.26. The molecule has 2 nitrogen and oxygen atoms in total. The maximum Gasteiger partial charge on any atom is 0.172 e. The summed E-state index contributed by atoms with van der Waals surface area (Å²) >= 11 is 0. The molecule has 1 aromatic rings. The van der Waals surface area contributed by atoms with Crippen molar-refractivity contribution in [3.8, 4) is 5.75 Å². The number of carbonyl (C=O) groups is 1. The van der Waals surface area contributed by atoms with Crippen LogP contribution in [0.3, 0.4) is 0 Å². The molecule has 0 aliphatic carbocycles. The zero-order chi connectivity index (χ0) is 9.42. The molecule has 0 N–H and O–H groups in total. The summed E-state index contributed by atoms with van der Waals surface area (Å²) in [7, 11) is 0. The van der Waals surface area contributed by atoms with E-state index in [0.717, 1.165) is 5.56 Å². The highest BCUT2D eigenvalue weighted by Gasteiger charge is 2.22. The van der Waals surface area contributed by atoms with Crippen molar-refractivity contribution in [1.82, 2.24) is 0 Å². The number of ketones is 1. The van der Waals surface area contributed by atoms with Crippen LogP contribution in [0.4, 0.5) is 4.39 Å². The van der Waals surface area contributed by atoms with Crippen LogP contribution in [0.5, 0.6) is 5.75 Å². The van der Waals surface area contributed by atoms with Gasteiger partial charge in [-0.15, -0.1) is 0 Å². The van der Waals surface area contributed by atoms with Crippen LogP contribution in [0.1, 0.15) is 22.3 Å². The van der Waals surface area contributed by atoms with Crippen molar-refractivity contribution >= 4 is 5.78 Å². The zero-order valence-corrected chi connectivity index (χ0v) is 7.26. The second-order valence-corrected chi connectivity index (χ2v) is 3.14. The Labute approximate surface area is 75.3 Å². The van der Waals surface area contributed by atoms with Gasteiger partial charge in [0.05, 0.1) is 12.2 Å². The third kappa shape index (κ3) is 1.30. The fourth-order valence-corrected chi connectivity index (χ4v) is 1.47. The van der Waals surface area contributed by atoms with E-state index in [1.54, 1.807) is 13.0 Å². The van der Waals surface area contributed by atoms with Crippen LogP contribution in [0.15, 0.2) is 12.1 Å². The van der Waals surface area contributed by atoms with Crippen LogP contribution in [0, 0.1) is 12.7 Å². The largest absolute Gasteiger partial charge is 0.492 e. The number of Topliss-reactive ketones (excluding diaryl/α,β-unsaturated/α-hetero) is 1. The molecule has 0 unspecified atom stereocenters. The van der Waals surface area contributed by atoms with Crippen LogP contribution in [0.25, 0.3) is 0 Å². The van der Waals surface area contributed by atoms with Crippen molar-refractivity contribution < 1.29 is 13.9 Å². The molecule has 0 atom stereocenters. The Hall–Kier alpha value is -1.38. The van der Waals surface area contributed by atoms with Crippen molar-refractivity contribution in [3.05, 3.63) is 29.1 Å². The van der Waals surface area contributed by atoms with Crippen molar-refractivity contribution in [2.24, 2.45) is 0 Å². The molecule has 68 valence electrons. The highest BCUT2D eigenvalue weighted by Crippen LogP contribution is 2.28. The summed E-state index contributed by atoms with van der Waals surface area (Å²) in [6.45, 7) is 2.13. The Morgan fingerprint density at radius 3 is 3.00 bits per heavy atom. The van der Waals surface area contributed by atoms with Crippen LogP contribution < -0.4 is 4.74 Å². The molecule has 1 aliphatic rings. The van der Waals surface area contributed by atoms with E-state index in [4.69, 9.17) is 4.74 Å². The van der Waals surface area contributed by atoms with E-state index in [0.29, 0.717) is 12.4 Å². The molecular weight excluding hydrogens is 171 g/mol. The van der Waals surface area contributed by atoms with Gasteiger partial charge in [-0.3, -0.25) is 4.79 Å². The number of hydrogen-bond donors (Lipinski definition) is 0. The monoisotopic (exact) mass is 180 g/mol. The molecule has 0 saturated heterocycles. The van der Waals surface area contributed by atoms with E-state index in [1.807, 2.05) is 0 Å². The van der Waals surface area contributed by atoms with Crippen LogP contribution in [-0.2, 0) is 0 Å². The number of carbonyl (C=O) groups excluding carboxylic acids is 1. The van der Waals surface area contributed by atoms with Crippen molar-refractivity contribution in [3.63, 3.8) is 0 Å². The predicted octanol–water partition coefficient (Wildman–Crippen LogP) is 2.10. The SMILES string of the molecule is Cc1cc(F)c2c(c1)OCCC2=O. The van der Waals surface area contributed by atoms with Gasteiger partial charge in [0.2, 0.25) is 0 Å². The topological polar surface area (TPSA) is 26.3 Å². The Morgan fingerprint density at radius 1 is 1.46 bits per heavy atom. The quantitative estimate of drug-likeness (QED) is 0.611. The molecule has 0 amide bonds. The molecule has 0 radical (unpaired) electrons. The van der Waals surface area contributed by atoms with E-state index in [9.17, 15) is 9.18 Å². The first kappa shape index (κ1) is 8.23. The standard InChI is InChI=1S/C10H9FO2/c1-6-4-7(11)10-8(12)2-3-13-9(10)5-6/h4-5H,2-3H2,1H3. The number of halogens is 1. The highest BCUT2D eigenvalue weighted by molar-refractivity contribution is 5.99. The van der Waals surface area contributed by atoms with Gasteiger partial charge >= 0.3 is 0 Å². The lowest BCUT2D eigenvalue weighted by molar-refractivity contribution is 0.0928. The van der Waals surface area contributed by atoms with Gasteiger partial charge < -0.3 is 4.74 Å². The summed E-state index contributed by atoms with van der Waals surface area (Å²) in [4.78, 5) is 11.3. The van der Waals surface area contributed by atoms with Gasteiger partial charge in [-0.25, -0.2) is 4.39 Å². The maximum absolute atomic E-state index is 13.3. The Kier molecular flexibility index (Phi) is 1.79. The number of fused-ring (bicyclic) bond motifs is 1. The van der Waals surface area contributed by atoms with E-state index in [1.165, 1.54) is 6.07 Å². The second kappa shape index (κ2) is 2.83. The van der Waals surface area contributed by atoms with Gasteiger partial charge in [0.1, 0.15) is 11.6 Å². The molecule has 0 bridgehead atoms. The third-order valence-electron chi connectivity index (χ3n) is 2.06. The minimum absolute atomic E-state index is 0.108. The fourth-order valence-electron chi connectivity index (χ4n) is 1.47. The van der Waals surface area contributed by atoms with Crippen LogP contribution in [0.2, 0.25) is 0 Å². The van der Waals surface area contributed by atoms with Gasteiger partial charge in [0, 0.05) is 6.42 Å². The maximum atomic E-state index is 13.3. The minimum atomic E-state index is -0.472. The van der Waals surface area contributed by atoms with Crippen LogP contribution >= 0.6 is 0 Å². The first-order valence-electron chi connectivity index (χ1n) is 4.14. The summed E-state index contributed by atoms with van der Waals surface area (Å²) < 4.78 is 18.5. The summed E-state index contributed by atoms with van der Waals surface area (Å²) in [6, 6.07) is 3.04. The molecule has 0 fully saturated rings. The van der Waals surface area contributed by atoms with Crippen LogP contribution in [-0.4, -0.2) is 12.4 Å². The molecule has 0 aromatic heterocycles. The molecule has 0 spiro atoms. The van der Waals surface area contributed by atoms with Gasteiger partial charge in [-0.2, -0.15) is 0 Å². The average Bonchev–Trinajstić information content (AvgIpc) is 2.02. The molecule has 1 aliphatic heterocycles. The first-order valence-corrected chi connectivity index (χ1v) is 4.14. The molecule has 1 heterocycles. The summed E-state index contributed by atoms with van der Waals surface area (Å²) in [5.41, 5.74) is 0.878. The Balaban J connectivity index is 2.63. The lowest BCUT2D eigenvalue weighted by Crippen LogP contribution is -2.17. The molecule has 3 heteroatoms. The predicted molar refractivity (Wildman–Crippen MR) is 45.6 cm³/mol. The third-order valence-corrected chi connectivity index (χ3v) is 2.06. The Morgan fingerprint density at radius 2 is 2.23 bits per heavy atom. The van der Waals surface area contributed by atoms with Gasteiger partial charge in [-0.1, -0.05) is 0 Å². The molecule has 13 heavy (non-hydrogen) atoms. The minimum Gasteiger partial charge on any atom is -0.492 e. The molecule has 2 rings (SSSR count). The normalized spacial score (nSPS) is 15.1. The number of ether oxygens (including phenoxy) is 1. The van der Waals surface area contributed by atoms with E-state index < -0.39 is 5.82 Å². The average molecular weight is 180 g/mol. The lowest BCUT2D eigenvalue weighted by Gasteiger charge is -2.16. The first-order chi connectivity index (χ1) is 6.18. The van der Waals surface area contributed by atoms with Crippen molar-refractivity contribution in [2.45, 2.75) is 13.3 Å². The smallest absolute Gasteiger partial charge is 0.172 e. The Bertz CT molecular complexity index is 371. The van der Waals surface area contributed by atoms with E-state index in [2.05, 4.69) is 0 Å². The number of benzene rings is 1. The van der Waals surface area contributed by atoms with Gasteiger partial charge in [-0.05, 0) is 24.6 Å². The van der Waals surface area contributed by atoms with E-state index in [-0.39, 0.29) is 17.8 Å². The summed E-state index contributed by atoms with van der Waals surface area (Å²) in [5.74, 6) is -0.257. The summed E-state index contributed by atoms with van der Waals surface area (Å²) in [6.07, 6.45) is 0.271. The molecule has 1 aromatic carbocycles. The van der Waals surface area contributed by atoms with Crippen molar-refractivity contribution in [2.75, 3.05) is 6.61 Å². The summed E-state index contributed by atoms with van der Waals surface area (Å²) in [5, 5.41) is 0. The fraction of sp³-hybridized carbons (Fsp3) is 0.300. The van der Waals surface area contributed by atoms with Gasteiger partial charge in [0.15, 0.2) is 5.78 Å². The molecular formula is C10H9FO2. The number of hydrogen-bond acceptors (Lipinski definition) is 2.